The zero-order valence-electron chi connectivity index (χ0n) is 8.00. The highest BCUT2D eigenvalue weighted by molar-refractivity contribution is 5.39. The summed E-state index contributed by atoms with van der Waals surface area (Å²) in [6.45, 7) is 0. The molecule has 2 unspecified atom stereocenters. The standard InChI is InChI=1S/C11H13N3/c1-3-9-5-6-10(4-1)14(9)11-12-7-2-8-13-11/h1-3,7-10H,4-6H2. The first-order chi connectivity index (χ1) is 6.95. The molecule has 3 heteroatoms. The maximum Gasteiger partial charge on any atom is 0.226 e. The second-order valence-electron chi connectivity index (χ2n) is 3.92. The van der Waals surface area contributed by atoms with E-state index in [4.69, 9.17) is 0 Å². The molecular weight excluding hydrogens is 174 g/mol. The van der Waals surface area contributed by atoms with Crippen molar-refractivity contribution in [1.82, 2.24) is 9.97 Å². The van der Waals surface area contributed by atoms with Gasteiger partial charge in [0, 0.05) is 18.4 Å². The molecule has 3 rings (SSSR count). The molecule has 2 atom stereocenters. The Morgan fingerprint density at radius 3 is 2.86 bits per heavy atom. The van der Waals surface area contributed by atoms with Crippen molar-refractivity contribution in [3.8, 4) is 0 Å². The highest BCUT2D eigenvalue weighted by Gasteiger charge is 2.35. The van der Waals surface area contributed by atoms with Gasteiger partial charge in [-0.25, -0.2) is 9.97 Å². The van der Waals surface area contributed by atoms with Crippen molar-refractivity contribution in [2.75, 3.05) is 4.90 Å². The minimum atomic E-state index is 0.538. The maximum atomic E-state index is 4.32. The molecule has 1 fully saturated rings. The highest BCUT2D eigenvalue weighted by atomic mass is 15.3. The second-order valence-corrected chi connectivity index (χ2v) is 3.92. The Morgan fingerprint density at radius 1 is 1.21 bits per heavy atom. The zero-order valence-corrected chi connectivity index (χ0v) is 8.00. The normalized spacial score (nSPS) is 29.6. The van der Waals surface area contributed by atoms with E-state index in [-0.39, 0.29) is 0 Å². The van der Waals surface area contributed by atoms with Gasteiger partial charge in [-0.15, -0.1) is 0 Å². The monoisotopic (exact) mass is 187 g/mol. The molecule has 3 nitrogen and oxygen atoms in total. The first-order valence-electron chi connectivity index (χ1n) is 5.17. The van der Waals surface area contributed by atoms with Crippen LogP contribution in [0.1, 0.15) is 19.3 Å². The smallest absolute Gasteiger partial charge is 0.226 e. The van der Waals surface area contributed by atoms with E-state index >= 15 is 0 Å². The third kappa shape index (κ3) is 1.12. The minimum absolute atomic E-state index is 0.538. The Hall–Kier alpha value is -1.38. The van der Waals surface area contributed by atoms with Gasteiger partial charge in [-0.1, -0.05) is 12.2 Å². The SMILES string of the molecule is C1=CC2CCC(C1)N2c1ncccn1. The van der Waals surface area contributed by atoms with Gasteiger partial charge in [-0.3, -0.25) is 0 Å². The summed E-state index contributed by atoms with van der Waals surface area (Å²) in [4.78, 5) is 11.0. The predicted molar refractivity (Wildman–Crippen MR) is 55.1 cm³/mol. The van der Waals surface area contributed by atoms with Gasteiger partial charge < -0.3 is 4.90 Å². The fraction of sp³-hybridized carbons (Fsp3) is 0.455. The van der Waals surface area contributed by atoms with Gasteiger partial charge in [-0.05, 0) is 25.3 Å². The van der Waals surface area contributed by atoms with Gasteiger partial charge in [0.15, 0.2) is 0 Å². The molecule has 0 N–H and O–H groups in total. The number of hydrogen-bond donors (Lipinski definition) is 0. The Balaban J connectivity index is 1.96. The van der Waals surface area contributed by atoms with Crippen molar-refractivity contribution >= 4 is 5.95 Å². The molecule has 0 spiro atoms. The number of fused-ring (bicyclic) bond motifs is 2. The van der Waals surface area contributed by atoms with Gasteiger partial charge in [0.2, 0.25) is 5.95 Å². The minimum Gasteiger partial charge on any atom is -0.331 e. The highest BCUT2D eigenvalue weighted by Crippen LogP contribution is 2.33. The van der Waals surface area contributed by atoms with Gasteiger partial charge in [0.1, 0.15) is 0 Å². The summed E-state index contributed by atoms with van der Waals surface area (Å²) >= 11 is 0. The van der Waals surface area contributed by atoms with E-state index < -0.39 is 0 Å². The molecule has 1 saturated heterocycles. The third-order valence-electron chi connectivity index (χ3n) is 3.10. The van der Waals surface area contributed by atoms with Crippen LogP contribution in [0.2, 0.25) is 0 Å². The average Bonchev–Trinajstić information content (AvgIpc) is 2.50. The molecule has 1 aromatic heterocycles. The lowest BCUT2D eigenvalue weighted by Gasteiger charge is -2.31. The van der Waals surface area contributed by atoms with Gasteiger partial charge in [-0.2, -0.15) is 0 Å². The van der Waals surface area contributed by atoms with Crippen LogP contribution in [0.15, 0.2) is 30.6 Å². The van der Waals surface area contributed by atoms with E-state index in [2.05, 4.69) is 27.0 Å². The molecule has 2 bridgehead atoms. The Bertz CT molecular complexity index is 347. The first-order valence-corrected chi connectivity index (χ1v) is 5.17. The topological polar surface area (TPSA) is 29.0 Å². The summed E-state index contributed by atoms with van der Waals surface area (Å²) in [5.74, 6) is 0.893. The molecular formula is C11H13N3. The summed E-state index contributed by atoms with van der Waals surface area (Å²) in [6.07, 6.45) is 11.9. The molecule has 0 radical (unpaired) electrons. The molecule has 1 aromatic rings. The van der Waals surface area contributed by atoms with Crippen LogP contribution in [0.3, 0.4) is 0 Å². The van der Waals surface area contributed by atoms with Crippen LogP contribution in [-0.4, -0.2) is 22.1 Å². The van der Waals surface area contributed by atoms with Crippen LogP contribution >= 0.6 is 0 Å². The van der Waals surface area contributed by atoms with Gasteiger partial charge in [0.25, 0.3) is 0 Å². The second kappa shape index (κ2) is 3.08. The number of rotatable bonds is 1. The van der Waals surface area contributed by atoms with Crippen LogP contribution in [-0.2, 0) is 0 Å². The Labute approximate surface area is 83.5 Å². The van der Waals surface area contributed by atoms with Crippen molar-refractivity contribution in [3.05, 3.63) is 30.6 Å². The molecule has 0 aromatic carbocycles. The fourth-order valence-electron chi connectivity index (χ4n) is 2.46. The lowest BCUT2D eigenvalue weighted by Crippen LogP contribution is -2.38. The summed E-state index contributed by atoms with van der Waals surface area (Å²) < 4.78 is 0. The largest absolute Gasteiger partial charge is 0.331 e. The number of nitrogens with zero attached hydrogens (tertiary/aromatic N) is 3. The molecule has 0 aliphatic carbocycles. The lowest BCUT2D eigenvalue weighted by molar-refractivity contribution is 0.632. The molecule has 14 heavy (non-hydrogen) atoms. The Morgan fingerprint density at radius 2 is 2.07 bits per heavy atom. The number of aromatic nitrogens is 2. The van der Waals surface area contributed by atoms with Gasteiger partial charge >= 0.3 is 0 Å². The molecule has 3 heterocycles. The van der Waals surface area contributed by atoms with Crippen LogP contribution in [0.25, 0.3) is 0 Å². The number of anilines is 1. The van der Waals surface area contributed by atoms with E-state index in [0.29, 0.717) is 12.1 Å². The molecule has 2 aliphatic heterocycles. The van der Waals surface area contributed by atoms with Crippen molar-refractivity contribution in [1.29, 1.82) is 0 Å². The molecule has 0 saturated carbocycles. The lowest BCUT2D eigenvalue weighted by atomic mass is 10.1. The van der Waals surface area contributed by atoms with Crippen LogP contribution in [0.5, 0.6) is 0 Å². The summed E-state index contributed by atoms with van der Waals surface area (Å²) in [5, 5.41) is 0. The van der Waals surface area contributed by atoms with E-state index in [1.165, 1.54) is 12.8 Å². The van der Waals surface area contributed by atoms with Crippen molar-refractivity contribution in [3.63, 3.8) is 0 Å². The maximum absolute atomic E-state index is 4.32. The Kier molecular flexibility index (Phi) is 1.76. The first kappa shape index (κ1) is 7.97. The van der Waals surface area contributed by atoms with Gasteiger partial charge in [0.05, 0.1) is 6.04 Å². The zero-order chi connectivity index (χ0) is 9.38. The summed E-state index contributed by atoms with van der Waals surface area (Å²) in [5.41, 5.74) is 0. The molecule has 0 amide bonds. The number of hydrogen-bond acceptors (Lipinski definition) is 3. The average molecular weight is 187 g/mol. The molecule has 72 valence electrons. The fourth-order valence-corrected chi connectivity index (χ4v) is 2.46. The van der Waals surface area contributed by atoms with Crippen LogP contribution < -0.4 is 4.90 Å². The van der Waals surface area contributed by atoms with E-state index in [9.17, 15) is 0 Å². The summed E-state index contributed by atoms with van der Waals surface area (Å²) in [6, 6.07) is 3.04. The predicted octanol–water partition coefficient (Wildman–Crippen LogP) is 1.77. The van der Waals surface area contributed by atoms with E-state index in [1.807, 2.05) is 18.5 Å². The van der Waals surface area contributed by atoms with Crippen molar-refractivity contribution in [2.24, 2.45) is 0 Å². The quantitative estimate of drug-likeness (QED) is 0.627. The third-order valence-corrected chi connectivity index (χ3v) is 3.10. The van der Waals surface area contributed by atoms with E-state index in [1.54, 1.807) is 0 Å². The van der Waals surface area contributed by atoms with Crippen LogP contribution in [0.4, 0.5) is 5.95 Å². The van der Waals surface area contributed by atoms with Crippen LogP contribution in [0, 0.1) is 0 Å². The van der Waals surface area contributed by atoms with Crippen molar-refractivity contribution in [2.45, 2.75) is 31.3 Å². The summed E-state index contributed by atoms with van der Waals surface area (Å²) in [7, 11) is 0. The van der Waals surface area contributed by atoms with Crippen molar-refractivity contribution < 1.29 is 0 Å². The molecule has 2 aliphatic rings. The van der Waals surface area contributed by atoms with E-state index in [0.717, 1.165) is 12.4 Å².